The average molecular weight is 285 g/mol. The van der Waals surface area contributed by atoms with Gasteiger partial charge in [0.1, 0.15) is 5.84 Å². The number of hydrogen-bond donors (Lipinski definition) is 2. The molecule has 0 aromatic heterocycles. The summed E-state index contributed by atoms with van der Waals surface area (Å²) < 4.78 is 0. The van der Waals surface area contributed by atoms with Crippen molar-refractivity contribution in [1.29, 1.82) is 0 Å². The lowest BCUT2D eigenvalue weighted by Crippen LogP contribution is -2.30. The molecule has 1 aromatic carbocycles. The van der Waals surface area contributed by atoms with E-state index in [9.17, 15) is 0 Å². The average Bonchev–Trinajstić information content (AvgIpc) is 2.56. The monoisotopic (exact) mass is 285 g/mol. The van der Waals surface area contributed by atoms with Crippen molar-refractivity contribution in [1.82, 2.24) is 10.6 Å². The molecule has 0 atom stereocenters. The Morgan fingerprint density at radius 2 is 1.90 bits per heavy atom. The number of benzene rings is 1. The molecule has 2 fully saturated rings. The van der Waals surface area contributed by atoms with Crippen LogP contribution in [-0.4, -0.2) is 18.4 Å². The fourth-order valence-electron chi connectivity index (χ4n) is 3.31. The molecule has 1 saturated carbocycles. The molecule has 1 aliphatic carbocycles. The molecule has 0 unspecified atom stereocenters. The fourth-order valence-corrected chi connectivity index (χ4v) is 3.31. The van der Waals surface area contributed by atoms with Gasteiger partial charge in [0.25, 0.3) is 0 Å². The van der Waals surface area contributed by atoms with Gasteiger partial charge >= 0.3 is 0 Å². The van der Waals surface area contributed by atoms with Crippen LogP contribution in [0.1, 0.15) is 56.9 Å². The number of aliphatic imine (C=N–C) groups is 1. The van der Waals surface area contributed by atoms with Crippen LogP contribution in [0.2, 0.25) is 0 Å². The zero-order chi connectivity index (χ0) is 14.3. The van der Waals surface area contributed by atoms with Gasteiger partial charge < -0.3 is 10.6 Å². The highest BCUT2D eigenvalue weighted by Crippen LogP contribution is 2.22. The van der Waals surface area contributed by atoms with Crippen molar-refractivity contribution in [2.75, 3.05) is 6.54 Å². The third-order valence-electron chi connectivity index (χ3n) is 4.60. The molecular weight excluding hydrogens is 258 g/mol. The summed E-state index contributed by atoms with van der Waals surface area (Å²) >= 11 is 0. The Kier molecular flexibility index (Phi) is 5.28. The second-order valence-corrected chi connectivity index (χ2v) is 6.29. The van der Waals surface area contributed by atoms with Gasteiger partial charge in [0.2, 0.25) is 0 Å². The van der Waals surface area contributed by atoms with Gasteiger partial charge in [-0.05, 0) is 37.3 Å². The molecule has 1 heterocycles. The summed E-state index contributed by atoms with van der Waals surface area (Å²) in [7, 11) is 0. The molecule has 2 N–H and O–H groups in total. The van der Waals surface area contributed by atoms with Crippen molar-refractivity contribution in [3.8, 4) is 0 Å². The molecule has 3 rings (SSSR count). The zero-order valence-corrected chi connectivity index (χ0v) is 12.9. The van der Waals surface area contributed by atoms with Gasteiger partial charge in [0.05, 0.1) is 5.69 Å². The van der Waals surface area contributed by atoms with Crippen molar-refractivity contribution in [3.05, 3.63) is 29.8 Å². The summed E-state index contributed by atoms with van der Waals surface area (Å²) in [5.41, 5.74) is 2.45. The second-order valence-electron chi connectivity index (χ2n) is 6.29. The predicted octanol–water partition coefficient (Wildman–Crippen LogP) is 3.91. The van der Waals surface area contributed by atoms with Crippen molar-refractivity contribution < 1.29 is 0 Å². The minimum Gasteiger partial charge on any atom is -0.374 e. The number of amidine groups is 1. The summed E-state index contributed by atoms with van der Waals surface area (Å²) in [5, 5.41) is 7.16. The molecule has 0 spiro atoms. The summed E-state index contributed by atoms with van der Waals surface area (Å²) in [5.74, 6) is 1.16. The van der Waals surface area contributed by atoms with Crippen molar-refractivity contribution >= 4 is 11.5 Å². The standard InChI is InChI=1S/C18H27N3/c1-2-9-16(10-3-1)20-14-15-8-4-5-11-17(15)21-18-12-6-7-13-19-18/h4-5,8,11,16,20H,1-3,6-7,9-10,12-14H2,(H,19,21). The largest absolute Gasteiger partial charge is 0.374 e. The number of nitrogens with one attached hydrogen (secondary N) is 2. The predicted molar refractivity (Wildman–Crippen MR) is 89.1 cm³/mol. The number of nitrogens with zero attached hydrogens (tertiary/aromatic N) is 1. The smallest absolute Gasteiger partial charge is 0.102 e. The number of rotatable bonds is 4. The van der Waals surface area contributed by atoms with Crippen LogP contribution in [0, 0.1) is 0 Å². The summed E-state index contributed by atoms with van der Waals surface area (Å²) in [6, 6.07) is 9.26. The van der Waals surface area contributed by atoms with E-state index in [4.69, 9.17) is 4.99 Å². The van der Waals surface area contributed by atoms with Crippen LogP contribution in [0.3, 0.4) is 0 Å². The Morgan fingerprint density at radius 3 is 2.71 bits per heavy atom. The highest BCUT2D eigenvalue weighted by molar-refractivity contribution is 5.85. The van der Waals surface area contributed by atoms with Crippen LogP contribution < -0.4 is 10.6 Å². The Bertz CT molecular complexity index is 467. The number of hydrogen-bond acceptors (Lipinski definition) is 2. The number of para-hydroxylation sites is 1. The molecule has 21 heavy (non-hydrogen) atoms. The first kappa shape index (κ1) is 14.6. The molecule has 1 aromatic rings. The van der Waals surface area contributed by atoms with Gasteiger partial charge in [-0.15, -0.1) is 0 Å². The highest BCUT2D eigenvalue weighted by Gasteiger charge is 2.13. The lowest BCUT2D eigenvalue weighted by Gasteiger charge is -2.23. The first-order valence-electron chi connectivity index (χ1n) is 8.54. The van der Waals surface area contributed by atoms with Crippen molar-refractivity contribution in [2.45, 2.75) is 64.0 Å². The molecule has 0 radical (unpaired) electrons. The van der Waals surface area contributed by atoms with Gasteiger partial charge in [0, 0.05) is 25.6 Å². The molecule has 1 aliphatic heterocycles. The van der Waals surface area contributed by atoms with E-state index in [-0.39, 0.29) is 0 Å². The second kappa shape index (κ2) is 7.60. The first-order valence-corrected chi connectivity index (χ1v) is 8.54. The van der Waals surface area contributed by atoms with E-state index in [0.29, 0.717) is 6.04 Å². The van der Waals surface area contributed by atoms with Crippen LogP contribution in [-0.2, 0) is 6.54 Å². The van der Waals surface area contributed by atoms with Crippen LogP contribution in [0.5, 0.6) is 0 Å². The summed E-state index contributed by atoms with van der Waals surface area (Å²) in [6.45, 7) is 2.01. The van der Waals surface area contributed by atoms with E-state index in [1.54, 1.807) is 0 Å². The molecule has 0 bridgehead atoms. The van der Waals surface area contributed by atoms with Crippen molar-refractivity contribution in [3.63, 3.8) is 0 Å². The fraction of sp³-hybridized carbons (Fsp3) is 0.611. The Balaban J connectivity index is 1.64. The van der Waals surface area contributed by atoms with Crippen LogP contribution >= 0.6 is 0 Å². The Morgan fingerprint density at radius 1 is 1.05 bits per heavy atom. The topological polar surface area (TPSA) is 36.4 Å². The van der Waals surface area contributed by atoms with E-state index < -0.39 is 0 Å². The lowest BCUT2D eigenvalue weighted by molar-refractivity contribution is 0.372. The van der Waals surface area contributed by atoms with E-state index in [0.717, 1.165) is 31.0 Å². The molecule has 0 amide bonds. The van der Waals surface area contributed by atoms with Crippen LogP contribution in [0.25, 0.3) is 0 Å². The SMILES string of the molecule is c1ccc(N=C2CCCCN2)c(CNC2CCCCC2)c1. The number of piperidine rings is 1. The molecule has 3 nitrogen and oxygen atoms in total. The zero-order valence-electron chi connectivity index (χ0n) is 12.9. The van der Waals surface area contributed by atoms with Crippen LogP contribution in [0.4, 0.5) is 5.69 Å². The van der Waals surface area contributed by atoms with E-state index >= 15 is 0 Å². The van der Waals surface area contributed by atoms with Gasteiger partial charge in [-0.1, -0.05) is 37.5 Å². The maximum Gasteiger partial charge on any atom is 0.102 e. The van der Waals surface area contributed by atoms with Gasteiger partial charge in [0.15, 0.2) is 0 Å². The van der Waals surface area contributed by atoms with Gasteiger partial charge in [-0.25, -0.2) is 4.99 Å². The normalized spacial score (nSPS) is 22.2. The quantitative estimate of drug-likeness (QED) is 0.880. The van der Waals surface area contributed by atoms with Crippen molar-refractivity contribution in [2.24, 2.45) is 4.99 Å². The lowest BCUT2D eigenvalue weighted by atomic mass is 9.95. The van der Waals surface area contributed by atoms with Crippen LogP contribution in [0.15, 0.2) is 29.3 Å². The first-order chi connectivity index (χ1) is 10.4. The molecule has 2 aliphatic rings. The van der Waals surface area contributed by atoms with E-state index in [2.05, 4.69) is 34.9 Å². The molecule has 114 valence electrons. The Hall–Kier alpha value is -1.35. The van der Waals surface area contributed by atoms with E-state index in [1.165, 1.54) is 50.5 Å². The maximum absolute atomic E-state index is 4.85. The summed E-state index contributed by atoms with van der Waals surface area (Å²) in [6.07, 6.45) is 10.4. The van der Waals surface area contributed by atoms with E-state index in [1.807, 2.05) is 0 Å². The Labute approximate surface area is 128 Å². The molecule has 1 saturated heterocycles. The van der Waals surface area contributed by atoms with Gasteiger partial charge in [-0.3, -0.25) is 0 Å². The minimum atomic E-state index is 0.701. The maximum atomic E-state index is 4.85. The third-order valence-corrected chi connectivity index (χ3v) is 4.60. The van der Waals surface area contributed by atoms with Gasteiger partial charge in [-0.2, -0.15) is 0 Å². The molecule has 3 heteroatoms. The minimum absolute atomic E-state index is 0.701. The summed E-state index contributed by atoms with van der Waals surface area (Å²) in [4.78, 5) is 4.85. The highest BCUT2D eigenvalue weighted by atomic mass is 15.0. The molecular formula is C18H27N3. The third kappa shape index (κ3) is 4.31.